The Morgan fingerprint density at radius 1 is 1.34 bits per heavy atom. The van der Waals surface area contributed by atoms with Gasteiger partial charge in [-0.15, -0.1) is 11.3 Å². The highest BCUT2D eigenvalue weighted by atomic mass is 32.1. The number of β-amino-alcohol motifs (C(OH)–C–C–N with tert-alkyl or cyclic N) is 1. The molecule has 2 aliphatic heterocycles. The molecule has 5 rings (SSSR count). The van der Waals surface area contributed by atoms with E-state index in [1.54, 1.807) is 23.2 Å². The number of aliphatic imine (C=N–C) groups is 1. The van der Waals surface area contributed by atoms with Gasteiger partial charge in [0.1, 0.15) is 23.0 Å². The van der Waals surface area contributed by atoms with Gasteiger partial charge in [-0.1, -0.05) is 43.3 Å². The molecule has 10 nitrogen and oxygen atoms in total. The molecule has 3 aromatic rings. The predicted octanol–water partition coefficient (Wildman–Crippen LogP) is 0.257. The Morgan fingerprint density at radius 3 is 2.68 bits per heavy atom. The minimum absolute atomic E-state index is 0.114. The van der Waals surface area contributed by atoms with Crippen LogP contribution in [0.25, 0.3) is 10.4 Å². The number of amides is 2. The van der Waals surface area contributed by atoms with E-state index < -0.39 is 23.6 Å². The van der Waals surface area contributed by atoms with E-state index >= 15 is 0 Å². The van der Waals surface area contributed by atoms with Crippen molar-refractivity contribution in [2.45, 2.75) is 57.7 Å². The Morgan fingerprint density at radius 2 is 2.08 bits per heavy atom. The van der Waals surface area contributed by atoms with Crippen molar-refractivity contribution in [3.8, 4) is 10.4 Å². The number of aliphatic hydroxyl groups excluding tert-OH is 1. The first kappa shape index (κ1) is 26.3. The molecule has 2 amide bonds. The summed E-state index contributed by atoms with van der Waals surface area (Å²) in [4.78, 5) is 42.8. The fourth-order valence-electron chi connectivity index (χ4n) is 5.15. The van der Waals surface area contributed by atoms with E-state index in [2.05, 4.69) is 25.4 Å². The molecule has 0 aliphatic carbocycles. The van der Waals surface area contributed by atoms with Gasteiger partial charge < -0.3 is 19.8 Å². The van der Waals surface area contributed by atoms with E-state index in [1.807, 2.05) is 58.3 Å². The summed E-state index contributed by atoms with van der Waals surface area (Å²) in [5.41, 5.74) is 4.03. The Balaban J connectivity index is 1.39. The van der Waals surface area contributed by atoms with Gasteiger partial charge in [-0.2, -0.15) is 4.99 Å². The number of hydrogen-bond acceptors (Lipinski definition) is 9. The van der Waals surface area contributed by atoms with E-state index in [0.29, 0.717) is 18.7 Å². The zero-order chi connectivity index (χ0) is 27.2. The third-order valence-corrected chi connectivity index (χ3v) is 8.35. The van der Waals surface area contributed by atoms with Crippen LogP contribution < -0.4 is 11.0 Å². The molecule has 38 heavy (non-hydrogen) atoms. The third-order valence-electron chi connectivity index (χ3n) is 7.37. The number of aliphatic hydroxyl groups is 1. The zero-order valence-electron chi connectivity index (χ0n) is 22.1. The molecule has 2 N–H and O–H groups in total. The van der Waals surface area contributed by atoms with E-state index in [0.717, 1.165) is 21.7 Å². The number of aryl methyl sites for hydroxylation is 1. The van der Waals surface area contributed by atoms with Gasteiger partial charge in [0.15, 0.2) is 7.17 Å². The van der Waals surface area contributed by atoms with Crippen molar-refractivity contribution in [1.29, 1.82) is 0 Å². The number of carbonyl (C=O) groups is 2. The molecule has 1 saturated heterocycles. The third kappa shape index (κ3) is 4.58. The normalized spacial score (nSPS) is 24.0. The second kappa shape index (κ2) is 10.1. The van der Waals surface area contributed by atoms with E-state index in [4.69, 9.17) is 4.52 Å². The maximum atomic E-state index is 13.8. The summed E-state index contributed by atoms with van der Waals surface area (Å²) in [6, 6.07) is 7.22. The molecule has 2 aromatic heterocycles. The monoisotopic (exact) mass is 532 g/mol. The predicted molar refractivity (Wildman–Crippen MR) is 149 cm³/mol. The summed E-state index contributed by atoms with van der Waals surface area (Å²) in [5, 5.41) is 17.8. The van der Waals surface area contributed by atoms with Crippen molar-refractivity contribution in [3.63, 3.8) is 0 Å². The fourth-order valence-corrected chi connectivity index (χ4v) is 5.97. The lowest BCUT2D eigenvalue weighted by Crippen LogP contribution is -2.51. The molecular formula is C25H30B2N6O4S. The standard InChI is InChI=1S/C25H30B2N6O4S/c1-12(2)18(21-30-24(27-26)32-37-21)22(35)33-10-16(34)9-17(33)20-29-23(36)25(4,31-20)15-7-5-14(6-8-15)19-13(3)28-11-38-19/h5-8,11-12,16-18,27,34H,9-10,26H2,1-4H3,(H,29,31,36). The second-order valence-corrected chi connectivity index (χ2v) is 11.3. The Labute approximate surface area is 226 Å². The van der Waals surface area contributed by atoms with Crippen LogP contribution >= 0.6 is 11.3 Å². The van der Waals surface area contributed by atoms with Gasteiger partial charge >= 0.3 is 0 Å². The highest BCUT2D eigenvalue weighted by Gasteiger charge is 2.48. The van der Waals surface area contributed by atoms with Gasteiger partial charge in [-0.3, -0.25) is 9.59 Å². The van der Waals surface area contributed by atoms with Crippen molar-refractivity contribution in [1.82, 2.24) is 25.3 Å². The summed E-state index contributed by atoms with van der Waals surface area (Å²) >= 11 is 1.57. The lowest BCUT2D eigenvalue weighted by Gasteiger charge is -2.30. The van der Waals surface area contributed by atoms with Gasteiger partial charge in [-0.05, 0) is 30.9 Å². The molecule has 0 radical (unpaired) electrons. The average Bonchev–Trinajstić information content (AvgIpc) is 3.67. The SMILES string of the molecule is BBc1noc(C(C(=O)N2CC(O)CC2C2=NC(=O)C(C)(c3ccc(-c4scnc4C)cc3)N2)C(C)C)n1. The van der Waals surface area contributed by atoms with Crippen molar-refractivity contribution in [2.24, 2.45) is 10.9 Å². The number of nitrogens with one attached hydrogen (secondary N) is 1. The number of amidine groups is 1. The number of aromatic nitrogens is 3. The first-order valence-electron chi connectivity index (χ1n) is 12.9. The fraction of sp³-hybridized carbons (Fsp3) is 0.440. The lowest BCUT2D eigenvalue weighted by atomic mass is 9.55. The number of thiazole rings is 1. The maximum absolute atomic E-state index is 13.8. The van der Waals surface area contributed by atoms with Crippen LogP contribution in [0.1, 0.15) is 50.3 Å². The van der Waals surface area contributed by atoms with Crippen molar-refractivity contribution in [2.75, 3.05) is 6.54 Å². The molecule has 1 fully saturated rings. The summed E-state index contributed by atoms with van der Waals surface area (Å²) in [6.07, 6.45) is -0.460. The Bertz CT molecular complexity index is 1390. The average molecular weight is 532 g/mol. The second-order valence-electron chi connectivity index (χ2n) is 10.4. The van der Waals surface area contributed by atoms with Crippen molar-refractivity contribution >= 4 is 49.6 Å². The van der Waals surface area contributed by atoms with Gasteiger partial charge in [0.05, 0.1) is 36.0 Å². The molecule has 4 unspecified atom stereocenters. The van der Waals surface area contributed by atoms with Crippen LogP contribution in [0.3, 0.4) is 0 Å². The van der Waals surface area contributed by atoms with Crippen LogP contribution in [0.5, 0.6) is 0 Å². The van der Waals surface area contributed by atoms with Crippen LogP contribution in [0.15, 0.2) is 39.3 Å². The molecule has 0 bridgehead atoms. The number of benzene rings is 1. The Kier molecular flexibility index (Phi) is 6.99. The lowest BCUT2D eigenvalue weighted by molar-refractivity contribution is -0.134. The highest BCUT2D eigenvalue weighted by Crippen LogP contribution is 2.34. The molecule has 4 atom stereocenters. The number of rotatable bonds is 7. The van der Waals surface area contributed by atoms with Crippen molar-refractivity contribution in [3.05, 3.63) is 46.9 Å². The summed E-state index contributed by atoms with van der Waals surface area (Å²) in [5.74, 6) is -0.706. The molecule has 0 spiro atoms. The highest BCUT2D eigenvalue weighted by molar-refractivity contribution is 7.13. The number of carbonyl (C=O) groups excluding carboxylic acids is 2. The number of nitrogens with zero attached hydrogens (tertiary/aromatic N) is 5. The van der Waals surface area contributed by atoms with Gasteiger partial charge in [-0.25, -0.2) is 9.97 Å². The summed E-state index contributed by atoms with van der Waals surface area (Å²) < 4.78 is 5.42. The van der Waals surface area contributed by atoms with Crippen LogP contribution in [-0.2, 0) is 15.1 Å². The first-order valence-corrected chi connectivity index (χ1v) is 13.7. The van der Waals surface area contributed by atoms with Gasteiger partial charge in [0.2, 0.25) is 11.8 Å². The zero-order valence-corrected chi connectivity index (χ0v) is 23.0. The van der Waals surface area contributed by atoms with Gasteiger partial charge in [0.25, 0.3) is 5.91 Å². The topological polar surface area (TPSA) is 134 Å². The molecule has 4 heterocycles. The Hall–Kier alpha value is -3.31. The van der Waals surface area contributed by atoms with Crippen LogP contribution in [0.4, 0.5) is 0 Å². The van der Waals surface area contributed by atoms with E-state index in [-0.39, 0.29) is 36.6 Å². The van der Waals surface area contributed by atoms with E-state index in [9.17, 15) is 14.7 Å². The smallest absolute Gasteiger partial charge is 0.277 e. The van der Waals surface area contributed by atoms with E-state index in [1.165, 1.54) is 0 Å². The number of hydrogen-bond donors (Lipinski definition) is 2. The van der Waals surface area contributed by atoms with Crippen molar-refractivity contribution < 1.29 is 19.2 Å². The van der Waals surface area contributed by atoms with Crippen LogP contribution in [0, 0.1) is 12.8 Å². The molecule has 2 aliphatic rings. The quantitative estimate of drug-likeness (QED) is 0.414. The molecular weight excluding hydrogens is 502 g/mol. The first-order chi connectivity index (χ1) is 18.1. The summed E-state index contributed by atoms with van der Waals surface area (Å²) in [6.45, 7) is 7.73. The molecule has 0 saturated carbocycles. The number of likely N-dealkylation sites (tertiary alicyclic amines) is 1. The summed E-state index contributed by atoms with van der Waals surface area (Å²) in [7, 11) is 2.51. The minimum Gasteiger partial charge on any atom is -0.391 e. The maximum Gasteiger partial charge on any atom is 0.277 e. The molecule has 196 valence electrons. The van der Waals surface area contributed by atoms with Crippen LogP contribution in [-0.4, -0.2) is 76.4 Å². The van der Waals surface area contributed by atoms with Crippen LogP contribution in [0.2, 0.25) is 0 Å². The largest absolute Gasteiger partial charge is 0.391 e. The minimum atomic E-state index is -1.08. The van der Waals surface area contributed by atoms with Gasteiger partial charge in [0, 0.05) is 13.0 Å². The molecule has 1 aromatic carbocycles. The molecule has 13 heteroatoms.